The zero-order chi connectivity index (χ0) is 12.8. The van der Waals surface area contributed by atoms with Gasteiger partial charge in [-0.2, -0.15) is 0 Å². The van der Waals surface area contributed by atoms with Crippen molar-refractivity contribution < 1.29 is 0 Å². The fourth-order valence-electron chi connectivity index (χ4n) is 2.99. The third kappa shape index (κ3) is 1.57. The van der Waals surface area contributed by atoms with Gasteiger partial charge in [0, 0.05) is 6.04 Å². The fraction of sp³-hybridized carbons (Fsp3) is 0.250. The molecular weight excluding hydrogens is 220 g/mol. The molecular formula is C16H18N2. The van der Waals surface area contributed by atoms with Crippen LogP contribution in [-0.4, -0.2) is 0 Å². The molecule has 0 saturated heterocycles. The number of hydrogen-bond acceptors (Lipinski definition) is 2. The molecule has 1 aliphatic carbocycles. The summed E-state index contributed by atoms with van der Waals surface area (Å²) in [6.45, 7) is 2.07. The Balaban J connectivity index is 2.31. The van der Waals surface area contributed by atoms with Crippen molar-refractivity contribution in [2.75, 3.05) is 0 Å². The van der Waals surface area contributed by atoms with Crippen molar-refractivity contribution in [3.63, 3.8) is 0 Å². The lowest BCUT2D eigenvalue weighted by atomic mass is 9.83. The molecule has 18 heavy (non-hydrogen) atoms. The highest BCUT2D eigenvalue weighted by atomic mass is 14.8. The van der Waals surface area contributed by atoms with Crippen molar-refractivity contribution in [1.29, 1.82) is 0 Å². The van der Waals surface area contributed by atoms with Gasteiger partial charge in [-0.25, -0.2) is 0 Å². The van der Waals surface area contributed by atoms with Crippen molar-refractivity contribution >= 4 is 0 Å². The SMILES string of the molecule is CC1(N)c2ccccc2CC(N)c2ccccc21. The van der Waals surface area contributed by atoms with Gasteiger partial charge < -0.3 is 11.5 Å². The van der Waals surface area contributed by atoms with Gasteiger partial charge in [0.05, 0.1) is 5.54 Å². The summed E-state index contributed by atoms with van der Waals surface area (Å²) in [5.74, 6) is 0. The van der Waals surface area contributed by atoms with Gasteiger partial charge in [0.15, 0.2) is 0 Å². The molecule has 2 unspecified atom stereocenters. The second kappa shape index (κ2) is 3.94. The standard InChI is InChI=1S/C16H18N2/c1-16(18)13-8-4-2-6-11(13)10-15(17)12-7-3-5-9-14(12)16/h2-9,15H,10,17-18H2,1H3. The summed E-state index contributed by atoms with van der Waals surface area (Å²) < 4.78 is 0. The molecule has 2 aromatic rings. The third-order valence-electron chi connectivity index (χ3n) is 3.94. The van der Waals surface area contributed by atoms with E-state index in [-0.39, 0.29) is 6.04 Å². The van der Waals surface area contributed by atoms with Gasteiger partial charge in [-0.1, -0.05) is 48.5 Å². The largest absolute Gasteiger partial charge is 0.324 e. The summed E-state index contributed by atoms with van der Waals surface area (Å²) in [4.78, 5) is 0. The van der Waals surface area contributed by atoms with E-state index < -0.39 is 5.54 Å². The summed E-state index contributed by atoms with van der Waals surface area (Å²) in [6.07, 6.45) is 0.847. The van der Waals surface area contributed by atoms with E-state index >= 15 is 0 Å². The van der Waals surface area contributed by atoms with Crippen molar-refractivity contribution in [3.05, 3.63) is 70.8 Å². The van der Waals surface area contributed by atoms with E-state index in [1.54, 1.807) is 0 Å². The van der Waals surface area contributed by atoms with Gasteiger partial charge in [-0.05, 0) is 35.6 Å². The Kier molecular flexibility index (Phi) is 2.51. The van der Waals surface area contributed by atoms with E-state index in [9.17, 15) is 0 Å². The monoisotopic (exact) mass is 238 g/mol. The summed E-state index contributed by atoms with van der Waals surface area (Å²) in [6, 6.07) is 16.6. The predicted molar refractivity (Wildman–Crippen MR) is 74.2 cm³/mol. The molecule has 92 valence electrons. The highest BCUT2D eigenvalue weighted by Gasteiger charge is 2.33. The van der Waals surface area contributed by atoms with Crippen LogP contribution in [0.3, 0.4) is 0 Å². The van der Waals surface area contributed by atoms with Crippen LogP contribution in [0.25, 0.3) is 0 Å². The van der Waals surface area contributed by atoms with Crippen molar-refractivity contribution in [1.82, 2.24) is 0 Å². The lowest BCUT2D eigenvalue weighted by Gasteiger charge is -2.28. The Morgan fingerprint density at radius 2 is 1.61 bits per heavy atom. The van der Waals surface area contributed by atoms with Crippen LogP contribution in [0, 0.1) is 0 Å². The fourth-order valence-corrected chi connectivity index (χ4v) is 2.99. The van der Waals surface area contributed by atoms with Gasteiger partial charge in [0.25, 0.3) is 0 Å². The van der Waals surface area contributed by atoms with Crippen molar-refractivity contribution in [3.8, 4) is 0 Å². The maximum absolute atomic E-state index is 6.61. The first-order valence-electron chi connectivity index (χ1n) is 6.33. The van der Waals surface area contributed by atoms with Crippen LogP contribution in [0.15, 0.2) is 48.5 Å². The zero-order valence-corrected chi connectivity index (χ0v) is 10.6. The molecule has 2 nitrogen and oxygen atoms in total. The van der Waals surface area contributed by atoms with Gasteiger partial charge >= 0.3 is 0 Å². The first-order chi connectivity index (χ1) is 8.60. The molecule has 4 N–H and O–H groups in total. The molecule has 0 fully saturated rings. The van der Waals surface area contributed by atoms with Gasteiger partial charge in [0.1, 0.15) is 0 Å². The molecule has 0 radical (unpaired) electrons. The smallest absolute Gasteiger partial charge is 0.0642 e. The van der Waals surface area contributed by atoms with Crippen LogP contribution in [0.2, 0.25) is 0 Å². The maximum Gasteiger partial charge on any atom is 0.0642 e. The zero-order valence-electron chi connectivity index (χ0n) is 10.6. The van der Waals surface area contributed by atoms with Crippen LogP contribution >= 0.6 is 0 Å². The minimum atomic E-state index is -0.471. The van der Waals surface area contributed by atoms with E-state index in [2.05, 4.69) is 37.3 Å². The van der Waals surface area contributed by atoms with Crippen LogP contribution in [0.4, 0.5) is 0 Å². The lowest BCUT2D eigenvalue weighted by molar-refractivity contribution is 0.597. The molecule has 2 aromatic carbocycles. The molecule has 0 saturated carbocycles. The minimum Gasteiger partial charge on any atom is -0.324 e. The molecule has 0 spiro atoms. The Morgan fingerprint density at radius 1 is 1.00 bits per heavy atom. The maximum atomic E-state index is 6.61. The van der Waals surface area contributed by atoms with Crippen LogP contribution in [0.5, 0.6) is 0 Å². The number of rotatable bonds is 0. The second-order valence-electron chi connectivity index (χ2n) is 5.26. The van der Waals surface area contributed by atoms with Gasteiger partial charge in [0.2, 0.25) is 0 Å². The summed E-state index contributed by atoms with van der Waals surface area (Å²) in [5.41, 5.74) is 17.2. The van der Waals surface area contributed by atoms with Crippen LogP contribution in [-0.2, 0) is 12.0 Å². The topological polar surface area (TPSA) is 52.0 Å². The second-order valence-corrected chi connectivity index (χ2v) is 5.26. The van der Waals surface area contributed by atoms with E-state index in [1.165, 1.54) is 16.7 Å². The van der Waals surface area contributed by atoms with Crippen molar-refractivity contribution in [2.24, 2.45) is 11.5 Å². The Hall–Kier alpha value is -1.64. The van der Waals surface area contributed by atoms with E-state index in [1.807, 2.05) is 18.2 Å². The number of hydrogen-bond donors (Lipinski definition) is 2. The van der Waals surface area contributed by atoms with Gasteiger partial charge in [-0.3, -0.25) is 0 Å². The van der Waals surface area contributed by atoms with E-state index in [4.69, 9.17) is 11.5 Å². The molecule has 0 heterocycles. The molecule has 0 aromatic heterocycles. The normalized spacial score (nSPS) is 26.1. The van der Waals surface area contributed by atoms with E-state index in [0.29, 0.717) is 0 Å². The average Bonchev–Trinajstić information content (AvgIpc) is 2.46. The molecule has 0 amide bonds. The summed E-state index contributed by atoms with van der Waals surface area (Å²) in [7, 11) is 0. The molecule has 1 aliphatic rings. The highest BCUT2D eigenvalue weighted by Crippen LogP contribution is 2.38. The summed E-state index contributed by atoms with van der Waals surface area (Å²) >= 11 is 0. The molecule has 0 bridgehead atoms. The third-order valence-corrected chi connectivity index (χ3v) is 3.94. The molecule has 0 aliphatic heterocycles. The van der Waals surface area contributed by atoms with Crippen LogP contribution in [0.1, 0.15) is 35.2 Å². The highest BCUT2D eigenvalue weighted by molar-refractivity contribution is 5.49. The molecule has 3 rings (SSSR count). The average molecular weight is 238 g/mol. The molecule has 2 heteroatoms. The number of fused-ring (bicyclic) bond motifs is 2. The summed E-state index contributed by atoms with van der Waals surface area (Å²) in [5, 5.41) is 0. The quantitative estimate of drug-likeness (QED) is 0.740. The molecule has 2 atom stereocenters. The minimum absolute atomic E-state index is 0.0210. The first-order valence-corrected chi connectivity index (χ1v) is 6.33. The Labute approximate surface area is 108 Å². The lowest BCUT2D eigenvalue weighted by Crippen LogP contribution is -2.35. The first kappa shape index (κ1) is 11.5. The Bertz CT molecular complexity index is 587. The predicted octanol–water partition coefficient (Wildman–Crippen LogP) is 2.46. The van der Waals surface area contributed by atoms with Gasteiger partial charge in [-0.15, -0.1) is 0 Å². The Morgan fingerprint density at radius 3 is 2.39 bits per heavy atom. The van der Waals surface area contributed by atoms with E-state index in [0.717, 1.165) is 12.0 Å². The van der Waals surface area contributed by atoms with Crippen LogP contribution < -0.4 is 11.5 Å². The number of nitrogens with two attached hydrogens (primary N) is 2. The number of benzene rings is 2. The van der Waals surface area contributed by atoms with Crippen molar-refractivity contribution in [2.45, 2.75) is 24.9 Å².